The van der Waals surface area contributed by atoms with E-state index in [2.05, 4.69) is 37.6 Å². The minimum atomic E-state index is 0.403. The Hall–Kier alpha value is -0.500. The van der Waals surface area contributed by atoms with E-state index in [1.807, 2.05) is 0 Å². The molecular weight excluding hydrogens is 184 g/mol. The zero-order valence-corrected chi connectivity index (χ0v) is 10.3. The molecule has 0 aromatic rings. The molecule has 0 aromatic heterocycles. The Balaban J connectivity index is 1.87. The lowest BCUT2D eigenvalue weighted by atomic mass is 9.72. The van der Waals surface area contributed by atoms with E-state index in [9.17, 15) is 0 Å². The average Bonchev–Trinajstić information content (AvgIpc) is 2.47. The maximum absolute atomic E-state index is 4.18. The lowest BCUT2D eigenvalue weighted by Crippen LogP contribution is -2.60. The number of allylic oxidation sites excluding steroid dienone is 1. The molecule has 0 spiro atoms. The third-order valence-electron chi connectivity index (χ3n) is 3.82. The third kappa shape index (κ3) is 2.05. The first-order chi connectivity index (χ1) is 7.01. The van der Waals surface area contributed by atoms with E-state index >= 15 is 0 Å². The Bertz CT molecular complexity index is 251. The van der Waals surface area contributed by atoms with Gasteiger partial charge in [0.2, 0.25) is 0 Å². The number of nitrogens with one attached hydrogen (secondary N) is 1. The topological polar surface area (TPSA) is 15.3 Å². The third-order valence-corrected chi connectivity index (χ3v) is 3.82. The van der Waals surface area contributed by atoms with Gasteiger partial charge in [-0.3, -0.25) is 0 Å². The fourth-order valence-corrected chi connectivity index (χ4v) is 3.20. The van der Waals surface area contributed by atoms with Gasteiger partial charge in [0, 0.05) is 29.9 Å². The molecule has 0 atom stereocenters. The SMILES string of the molecule is C=C1CCCN1C1(C)CC(NC(C)C)C1. The molecule has 15 heavy (non-hydrogen) atoms. The van der Waals surface area contributed by atoms with Gasteiger partial charge in [-0.25, -0.2) is 0 Å². The predicted octanol–water partition coefficient (Wildman–Crippen LogP) is 2.52. The Morgan fingerprint density at radius 3 is 2.60 bits per heavy atom. The normalized spacial score (nSPS) is 36.1. The first-order valence-corrected chi connectivity index (χ1v) is 6.23. The molecule has 1 heterocycles. The van der Waals surface area contributed by atoms with Crippen LogP contribution in [0.5, 0.6) is 0 Å². The van der Waals surface area contributed by atoms with E-state index in [0.29, 0.717) is 11.6 Å². The van der Waals surface area contributed by atoms with Crippen LogP contribution in [0.1, 0.15) is 46.5 Å². The van der Waals surface area contributed by atoms with Crippen molar-refractivity contribution >= 4 is 0 Å². The van der Waals surface area contributed by atoms with Crippen molar-refractivity contribution in [2.24, 2.45) is 0 Å². The van der Waals surface area contributed by atoms with Crippen molar-refractivity contribution in [2.75, 3.05) is 6.54 Å². The lowest BCUT2D eigenvalue weighted by Gasteiger charge is -2.53. The summed E-state index contributed by atoms with van der Waals surface area (Å²) in [6.07, 6.45) is 5.07. The average molecular weight is 208 g/mol. The van der Waals surface area contributed by atoms with Crippen LogP contribution < -0.4 is 5.32 Å². The summed E-state index contributed by atoms with van der Waals surface area (Å²) in [6, 6.07) is 1.34. The van der Waals surface area contributed by atoms with Crippen molar-refractivity contribution in [3.05, 3.63) is 12.3 Å². The van der Waals surface area contributed by atoms with Crippen molar-refractivity contribution < 1.29 is 0 Å². The summed E-state index contributed by atoms with van der Waals surface area (Å²) in [5.74, 6) is 0. The molecule has 1 saturated heterocycles. The van der Waals surface area contributed by atoms with Crippen molar-refractivity contribution in [1.82, 2.24) is 10.2 Å². The highest BCUT2D eigenvalue weighted by atomic mass is 15.2. The van der Waals surface area contributed by atoms with Crippen molar-refractivity contribution in [3.8, 4) is 0 Å². The van der Waals surface area contributed by atoms with Gasteiger partial charge < -0.3 is 10.2 Å². The van der Waals surface area contributed by atoms with Crippen LogP contribution in [-0.2, 0) is 0 Å². The highest BCUT2D eigenvalue weighted by molar-refractivity contribution is 5.13. The lowest BCUT2D eigenvalue weighted by molar-refractivity contribution is 0.0417. The van der Waals surface area contributed by atoms with Crippen LogP contribution in [-0.4, -0.2) is 29.1 Å². The largest absolute Gasteiger partial charge is 0.370 e. The Morgan fingerprint density at radius 1 is 1.47 bits per heavy atom. The first-order valence-electron chi connectivity index (χ1n) is 6.23. The number of rotatable bonds is 3. The second-order valence-corrected chi connectivity index (χ2v) is 5.74. The second kappa shape index (κ2) is 3.82. The van der Waals surface area contributed by atoms with Gasteiger partial charge in [0.05, 0.1) is 0 Å². The summed E-state index contributed by atoms with van der Waals surface area (Å²) in [4.78, 5) is 2.55. The van der Waals surface area contributed by atoms with Crippen molar-refractivity contribution in [1.29, 1.82) is 0 Å². The van der Waals surface area contributed by atoms with E-state index in [-0.39, 0.29) is 0 Å². The minimum Gasteiger partial charge on any atom is -0.370 e. The molecule has 1 N–H and O–H groups in total. The molecule has 1 saturated carbocycles. The molecule has 0 unspecified atom stereocenters. The van der Waals surface area contributed by atoms with Gasteiger partial charge in [-0.2, -0.15) is 0 Å². The van der Waals surface area contributed by atoms with Crippen LogP contribution in [0.15, 0.2) is 12.3 Å². The summed E-state index contributed by atoms with van der Waals surface area (Å²) in [7, 11) is 0. The molecule has 0 radical (unpaired) electrons. The molecule has 0 aromatic carbocycles. The predicted molar refractivity (Wildman–Crippen MR) is 64.8 cm³/mol. The summed E-state index contributed by atoms with van der Waals surface area (Å²) >= 11 is 0. The van der Waals surface area contributed by atoms with Crippen LogP contribution in [0.3, 0.4) is 0 Å². The molecule has 86 valence electrons. The van der Waals surface area contributed by atoms with Crippen LogP contribution in [0, 0.1) is 0 Å². The second-order valence-electron chi connectivity index (χ2n) is 5.74. The van der Waals surface area contributed by atoms with E-state index < -0.39 is 0 Å². The van der Waals surface area contributed by atoms with Gasteiger partial charge in [-0.05, 0) is 32.6 Å². The van der Waals surface area contributed by atoms with E-state index in [0.717, 1.165) is 6.04 Å². The Morgan fingerprint density at radius 2 is 2.13 bits per heavy atom. The first kappa shape index (κ1) is 11.0. The molecule has 1 aliphatic heterocycles. The van der Waals surface area contributed by atoms with Gasteiger partial charge in [0.15, 0.2) is 0 Å². The number of nitrogens with zero attached hydrogens (tertiary/aromatic N) is 1. The highest BCUT2D eigenvalue weighted by Gasteiger charge is 2.45. The molecular formula is C13H24N2. The van der Waals surface area contributed by atoms with Gasteiger partial charge in [0.1, 0.15) is 0 Å². The number of hydrogen-bond acceptors (Lipinski definition) is 2. The zero-order chi connectivity index (χ0) is 11.1. The van der Waals surface area contributed by atoms with Crippen molar-refractivity contribution in [2.45, 2.75) is 64.1 Å². The molecule has 0 bridgehead atoms. The molecule has 1 aliphatic carbocycles. The Labute approximate surface area is 93.7 Å². The molecule has 0 amide bonds. The molecule has 2 nitrogen and oxygen atoms in total. The fraction of sp³-hybridized carbons (Fsp3) is 0.846. The van der Waals surface area contributed by atoms with Gasteiger partial charge in [-0.15, -0.1) is 0 Å². The molecule has 2 heteroatoms. The fourth-order valence-electron chi connectivity index (χ4n) is 3.20. The van der Waals surface area contributed by atoms with E-state index in [1.165, 1.54) is 37.9 Å². The standard InChI is InChI=1S/C13H24N2/c1-10(2)14-12-8-13(4,9-12)15-7-5-6-11(15)3/h10,12,14H,3,5-9H2,1-2,4H3. The Kier molecular flexibility index (Phi) is 2.80. The summed E-state index contributed by atoms with van der Waals surface area (Å²) in [5.41, 5.74) is 1.76. The van der Waals surface area contributed by atoms with Crippen LogP contribution in [0.25, 0.3) is 0 Å². The quantitative estimate of drug-likeness (QED) is 0.766. The zero-order valence-electron chi connectivity index (χ0n) is 10.3. The smallest absolute Gasteiger partial charge is 0.0400 e. The summed E-state index contributed by atoms with van der Waals surface area (Å²) < 4.78 is 0. The maximum Gasteiger partial charge on any atom is 0.0400 e. The van der Waals surface area contributed by atoms with Gasteiger partial charge in [0.25, 0.3) is 0 Å². The monoisotopic (exact) mass is 208 g/mol. The van der Waals surface area contributed by atoms with Crippen LogP contribution >= 0.6 is 0 Å². The highest BCUT2D eigenvalue weighted by Crippen LogP contribution is 2.42. The maximum atomic E-state index is 4.18. The van der Waals surface area contributed by atoms with Gasteiger partial charge in [-0.1, -0.05) is 20.4 Å². The molecule has 2 aliphatic rings. The molecule has 2 rings (SSSR count). The number of hydrogen-bond donors (Lipinski definition) is 1. The van der Waals surface area contributed by atoms with Crippen LogP contribution in [0.4, 0.5) is 0 Å². The summed E-state index contributed by atoms with van der Waals surface area (Å²) in [6.45, 7) is 12.2. The number of likely N-dealkylation sites (tertiary alicyclic amines) is 1. The van der Waals surface area contributed by atoms with E-state index in [4.69, 9.17) is 0 Å². The van der Waals surface area contributed by atoms with Crippen LogP contribution in [0.2, 0.25) is 0 Å². The summed E-state index contributed by atoms with van der Waals surface area (Å²) in [5, 5.41) is 3.62. The van der Waals surface area contributed by atoms with Crippen molar-refractivity contribution in [3.63, 3.8) is 0 Å². The molecule has 2 fully saturated rings. The van der Waals surface area contributed by atoms with Gasteiger partial charge >= 0.3 is 0 Å². The minimum absolute atomic E-state index is 0.403. The van der Waals surface area contributed by atoms with E-state index in [1.54, 1.807) is 0 Å².